The van der Waals surface area contributed by atoms with Crippen molar-refractivity contribution in [2.24, 2.45) is 0 Å². The average molecular weight is 314 g/mol. The third-order valence-electron chi connectivity index (χ3n) is 3.64. The molecule has 0 spiro atoms. The molecule has 0 aliphatic rings. The van der Waals surface area contributed by atoms with E-state index in [-0.39, 0.29) is 0 Å². The Morgan fingerprint density at radius 1 is 1.09 bits per heavy atom. The van der Waals surface area contributed by atoms with Gasteiger partial charge in [-0.05, 0) is 36.8 Å². The maximum Gasteiger partial charge on any atom is 0.171 e. The van der Waals surface area contributed by atoms with Crippen LogP contribution in [0.4, 0.5) is 5.69 Å². The van der Waals surface area contributed by atoms with Gasteiger partial charge in [0.05, 0.1) is 20.6 Å². The number of thiocarbonyl (C=S) groups is 1. The maximum absolute atomic E-state index is 5.40. The van der Waals surface area contributed by atoms with E-state index in [1.165, 1.54) is 16.0 Å². The summed E-state index contributed by atoms with van der Waals surface area (Å²) in [5.74, 6) is 0. The van der Waals surface area contributed by atoms with E-state index in [0.29, 0.717) is 11.2 Å². The number of rotatable bonds is 5. The minimum Gasteiger partial charge on any atom is -0.356 e. The number of nitrogens with one attached hydrogen (secondary N) is 3. The number of benzene rings is 2. The lowest BCUT2D eigenvalue weighted by atomic mass is 10.1. The molecule has 3 nitrogen and oxygen atoms in total. The lowest BCUT2D eigenvalue weighted by Crippen LogP contribution is -3.07. The Bertz CT molecular complexity index is 611. The predicted molar refractivity (Wildman–Crippen MR) is 97.4 cm³/mol. The van der Waals surface area contributed by atoms with Crippen LogP contribution < -0.4 is 15.5 Å². The first-order valence-corrected chi connectivity index (χ1v) is 7.93. The second-order valence-corrected chi connectivity index (χ2v) is 6.15. The minimum absolute atomic E-state index is 0.360. The highest BCUT2D eigenvalue weighted by Crippen LogP contribution is 2.10. The largest absolute Gasteiger partial charge is 0.356 e. The summed E-state index contributed by atoms with van der Waals surface area (Å²) in [5.41, 5.74) is 3.55. The molecule has 0 aromatic heterocycles. The van der Waals surface area contributed by atoms with E-state index >= 15 is 0 Å². The highest BCUT2D eigenvalue weighted by molar-refractivity contribution is 7.80. The van der Waals surface area contributed by atoms with Crippen LogP contribution in [0, 0.1) is 6.92 Å². The van der Waals surface area contributed by atoms with Crippen LogP contribution in [0.25, 0.3) is 0 Å². The first-order chi connectivity index (χ1) is 10.6. The topological polar surface area (TPSA) is 28.5 Å². The third-order valence-corrected chi connectivity index (χ3v) is 3.89. The van der Waals surface area contributed by atoms with Gasteiger partial charge in [0.1, 0.15) is 6.04 Å². The lowest BCUT2D eigenvalue weighted by molar-refractivity contribution is -0.890. The molecule has 0 aliphatic heterocycles. The number of quaternary nitrogens is 1. The summed E-state index contributed by atoms with van der Waals surface area (Å²) in [6.45, 7) is 2.87. The van der Waals surface area contributed by atoms with Gasteiger partial charge in [0.15, 0.2) is 5.11 Å². The quantitative estimate of drug-likeness (QED) is 0.739. The molecule has 0 radical (unpaired) electrons. The van der Waals surface area contributed by atoms with Gasteiger partial charge in [-0.3, -0.25) is 0 Å². The van der Waals surface area contributed by atoms with Gasteiger partial charge >= 0.3 is 0 Å². The molecule has 2 aromatic rings. The van der Waals surface area contributed by atoms with Gasteiger partial charge in [-0.25, -0.2) is 0 Å². The highest BCUT2D eigenvalue weighted by Gasteiger charge is 2.17. The number of hydrogen-bond acceptors (Lipinski definition) is 1. The molecule has 2 rings (SSSR count). The number of likely N-dealkylation sites (N-methyl/N-ethyl adjacent to an activating group) is 1. The zero-order chi connectivity index (χ0) is 15.9. The zero-order valence-corrected chi connectivity index (χ0v) is 14.2. The summed E-state index contributed by atoms with van der Waals surface area (Å²) in [5, 5.41) is 7.23. The number of hydrogen-bond donors (Lipinski definition) is 3. The Kier molecular flexibility index (Phi) is 5.92. The van der Waals surface area contributed by atoms with Crippen molar-refractivity contribution < 1.29 is 4.90 Å². The monoisotopic (exact) mass is 314 g/mol. The second-order valence-electron chi connectivity index (χ2n) is 5.75. The summed E-state index contributed by atoms with van der Waals surface area (Å²) < 4.78 is 0. The molecule has 3 N–H and O–H groups in total. The molecule has 22 heavy (non-hydrogen) atoms. The van der Waals surface area contributed by atoms with Crippen molar-refractivity contribution in [3.63, 3.8) is 0 Å². The van der Waals surface area contributed by atoms with Crippen molar-refractivity contribution in [1.29, 1.82) is 0 Å². The molecule has 0 aliphatic carbocycles. The van der Waals surface area contributed by atoms with Gasteiger partial charge < -0.3 is 15.5 Å². The standard InChI is InChI=1S/C18H23N3S/c1-14-8-7-11-16(12-14)20-18(22)19-13-17(21(2)3)15-9-5-4-6-10-15/h4-12,17H,13H2,1-3H3,(H2,19,20,22)/p+1/t17-/m1/s1. The summed E-state index contributed by atoms with van der Waals surface area (Å²) in [4.78, 5) is 1.37. The van der Waals surface area contributed by atoms with Crippen molar-refractivity contribution in [1.82, 2.24) is 5.32 Å². The highest BCUT2D eigenvalue weighted by atomic mass is 32.1. The summed E-state index contributed by atoms with van der Waals surface area (Å²) in [6, 6.07) is 19.1. The van der Waals surface area contributed by atoms with E-state index < -0.39 is 0 Å². The van der Waals surface area contributed by atoms with Gasteiger partial charge in [0, 0.05) is 11.3 Å². The Morgan fingerprint density at radius 3 is 2.45 bits per heavy atom. The molecule has 1 atom stereocenters. The van der Waals surface area contributed by atoms with Gasteiger partial charge in [-0.15, -0.1) is 0 Å². The van der Waals surface area contributed by atoms with Crippen LogP contribution in [0.15, 0.2) is 54.6 Å². The van der Waals surface area contributed by atoms with Crippen molar-refractivity contribution in [3.8, 4) is 0 Å². The van der Waals surface area contributed by atoms with E-state index in [9.17, 15) is 0 Å². The van der Waals surface area contributed by atoms with Gasteiger partial charge in [0.25, 0.3) is 0 Å². The first-order valence-electron chi connectivity index (χ1n) is 7.53. The molecule has 0 amide bonds. The molecule has 0 fully saturated rings. The molecule has 2 aromatic carbocycles. The van der Waals surface area contributed by atoms with E-state index in [1.807, 2.05) is 18.2 Å². The Morgan fingerprint density at radius 2 is 1.82 bits per heavy atom. The van der Waals surface area contributed by atoms with E-state index in [1.54, 1.807) is 0 Å². The van der Waals surface area contributed by atoms with Gasteiger partial charge in [-0.2, -0.15) is 0 Å². The van der Waals surface area contributed by atoms with Crippen LogP contribution in [0.1, 0.15) is 17.2 Å². The van der Waals surface area contributed by atoms with Crippen LogP contribution in [-0.4, -0.2) is 25.8 Å². The lowest BCUT2D eigenvalue weighted by Gasteiger charge is -2.23. The number of aryl methyl sites for hydroxylation is 1. The van der Waals surface area contributed by atoms with Crippen molar-refractivity contribution in [2.75, 3.05) is 26.0 Å². The van der Waals surface area contributed by atoms with Crippen molar-refractivity contribution in [3.05, 3.63) is 65.7 Å². The molecule has 0 saturated carbocycles. The van der Waals surface area contributed by atoms with Gasteiger partial charge in [-0.1, -0.05) is 42.5 Å². The molecular weight excluding hydrogens is 290 g/mol. The average Bonchev–Trinajstić information content (AvgIpc) is 2.48. The summed E-state index contributed by atoms with van der Waals surface area (Å²) in [7, 11) is 4.33. The van der Waals surface area contributed by atoms with Crippen LogP contribution in [0.3, 0.4) is 0 Å². The van der Waals surface area contributed by atoms with Crippen LogP contribution >= 0.6 is 12.2 Å². The fourth-order valence-electron chi connectivity index (χ4n) is 2.43. The molecule has 0 unspecified atom stereocenters. The molecule has 0 heterocycles. The fraction of sp³-hybridized carbons (Fsp3) is 0.278. The molecule has 0 bridgehead atoms. The smallest absolute Gasteiger partial charge is 0.171 e. The second kappa shape index (κ2) is 7.92. The molecule has 116 valence electrons. The predicted octanol–water partition coefficient (Wildman–Crippen LogP) is 2.17. The van der Waals surface area contributed by atoms with E-state index in [4.69, 9.17) is 12.2 Å². The first kappa shape index (κ1) is 16.5. The molecule has 0 saturated heterocycles. The minimum atomic E-state index is 0.360. The van der Waals surface area contributed by atoms with Gasteiger partial charge in [0.2, 0.25) is 0 Å². The van der Waals surface area contributed by atoms with E-state index in [2.05, 4.69) is 68.1 Å². The third kappa shape index (κ3) is 4.83. The Hall–Kier alpha value is -1.91. The fourth-order valence-corrected chi connectivity index (χ4v) is 2.63. The maximum atomic E-state index is 5.40. The van der Waals surface area contributed by atoms with E-state index in [0.717, 1.165) is 12.2 Å². The molecule has 4 heteroatoms. The zero-order valence-electron chi connectivity index (χ0n) is 13.4. The van der Waals surface area contributed by atoms with Crippen molar-refractivity contribution >= 4 is 23.0 Å². The molecular formula is C18H24N3S+. The van der Waals surface area contributed by atoms with Crippen LogP contribution in [0.2, 0.25) is 0 Å². The number of anilines is 1. The Balaban J connectivity index is 1.94. The van der Waals surface area contributed by atoms with Crippen LogP contribution in [0.5, 0.6) is 0 Å². The SMILES string of the molecule is Cc1cccc(NC(=S)NC[C@H](c2ccccc2)[NH+](C)C)c1. The normalized spacial score (nSPS) is 12.0. The Labute approximate surface area is 138 Å². The van der Waals surface area contributed by atoms with Crippen molar-refractivity contribution in [2.45, 2.75) is 13.0 Å². The summed E-state index contributed by atoms with van der Waals surface area (Å²) in [6.07, 6.45) is 0. The summed E-state index contributed by atoms with van der Waals surface area (Å²) >= 11 is 5.40. The van der Waals surface area contributed by atoms with Crippen LogP contribution in [-0.2, 0) is 0 Å².